The first-order chi connectivity index (χ1) is 13.2. The molecule has 0 aliphatic carbocycles. The number of rotatable bonds is 4. The van der Waals surface area contributed by atoms with Gasteiger partial charge in [-0.05, 0) is 24.3 Å². The number of nitrogens with zero attached hydrogens (tertiary/aromatic N) is 4. The zero-order valence-electron chi connectivity index (χ0n) is 14.7. The molecule has 1 fully saturated rings. The second-order valence-electron chi connectivity index (χ2n) is 6.33. The molecule has 1 aliphatic heterocycles. The average Bonchev–Trinajstić information content (AvgIpc) is 2.72. The quantitative estimate of drug-likeness (QED) is 0.495. The van der Waals surface area contributed by atoms with Gasteiger partial charge in [-0.3, -0.25) is 4.79 Å². The van der Waals surface area contributed by atoms with Gasteiger partial charge in [0.05, 0.1) is 11.3 Å². The molecule has 4 rings (SSSR count). The Morgan fingerprint density at radius 2 is 1.85 bits per heavy atom. The molecule has 0 bridgehead atoms. The topological polar surface area (TPSA) is 49.3 Å². The minimum Gasteiger partial charge on any atom is -0.368 e. The van der Waals surface area contributed by atoms with E-state index in [-0.39, 0.29) is 5.91 Å². The first-order valence-corrected chi connectivity index (χ1v) is 10.2. The molecule has 27 heavy (non-hydrogen) atoms. The molecule has 0 radical (unpaired) electrons. The molecule has 0 atom stereocenters. The van der Waals surface area contributed by atoms with Crippen LogP contribution >= 0.6 is 23.4 Å². The maximum atomic E-state index is 12.6. The lowest BCUT2D eigenvalue weighted by Gasteiger charge is -2.36. The lowest BCUT2D eigenvalue weighted by atomic mass is 10.2. The fourth-order valence-corrected chi connectivity index (χ4v) is 4.28. The smallest absolute Gasteiger partial charge is 0.233 e. The van der Waals surface area contributed by atoms with Crippen molar-refractivity contribution < 1.29 is 4.79 Å². The van der Waals surface area contributed by atoms with E-state index in [1.807, 2.05) is 47.4 Å². The van der Waals surface area contributed by atoms with Crippen LogP contribution in [0, 0.1) is 0 Å². The highest BCUT2D eigenvalue weighted by Crippen LogP contribution is 2.25. The van der Waals surface area contributed by atoms with Crippen LogP contribution in [0.2, 0.25) is 5.02 Å². The van der Waals surface area contributed by atoms with Crippen molar-refractivity contribution >= 4 is 45.9 Å². The third-order valence-electron chi connectivity index (χ3n) is 4.64. The molecule has 1 saturated heterocycles. The third-order valence-corrected chi connectivity index (χ3v) is 5.87. The van der Waals surface area contributed by atoms with E-state index < -0.39 is 0 Å². The molecule has 138 valence electrons. The summed E-state index contributed by atoms with van der Waals surface area (Å²) in [5, 5.41) is 2.58. The van der Waals surface area contributed by atoms with Crippen LogP contribution in [0.25, 0.3) is 10.9 Å². The van der Waals surface area contributed by atoms with Crippen LogP contribution in [0.1, 0.15) is 0 Å². The Kier molecular flexibility index (Phi) is 5.45. The fourth-order valence-electron chi connectivity index (χ4n) is 3.20. The number of amides is 1. The number of benzene rings is 2. The van der Waals surface area contributed by atoms with E-state index >= 15 is 0 Å². The molecule has 0 N–H and O–H groups in total. The summed E-state index contributed by atoms with van der Waals surface area (Å²) in [7, 11) is 0. The van der Waals surface area contributed by atoms with Crippen LogP contribution < -0.4 is 4.90 Å². The summed E-state index contributed by atoms with van der Waals surface area (Å²) in [5.74, 6) is 0.534. The molecular weight excluding hydrogens is 380 g/mol. The second-order valence-corrected chi connectivity index (χ2v) is 7.73. The van der Waals surface area contributed by atoms with Gasteiger partial charge in [-0.15, -0.1) is 0 Å². The fraction of sp³-hybridized carbons (Fsp3) is 0.250. The van der Waals surface area contributed by atoms with Crippen LogP contribution in [0.5, 0.6) is 0 Å². The summed E-state index contributed by atoms with van der Waals surface area (Å²) in [4.78, 5) is 25.4. The number of carbonyl (C=O) groups is 1. The largest absolute Gasteiger partial charge is 0.368 e. The Labute approximate surface area is 167 Å². The van der Waals surface area contributed by atoms with Gasteiger partial charge in [-0.1, -0.05) is 47.6 Å². The van der Waals surface area contributed by atoms with Crippen molar-refractivity contribution in [3.63, 3.8) is 0 Å². The van der Waals surface area contributed by atoms with Crippen molar-refractivity contribution in [1.29, 1.82) is 0 Å². The van der Waals surface area contributed by atoms with Gasteiger partial charge in [-0.2, -0.15) is 0 Å². The van der Waals surface area contributed by atoms with E-state index in [1.165, 1.54) is 11.8 Å². The first kappa shape index (κ1) is 18.1. The van der Waals surface area contributed by atoms with Gasteiger partial charge in [0.25, 0.3) is 0 Å². The molecular formula is C20H19ClN4OS. The molecule has 2 heterocycles. The van der Waals surface area contributed by atoms with Crippen molar-refractivity contribution in [3.05, 3.63) is 59.9 Å². The molecule has 0 saturated carbocycles. The van der Waals surface area contributed by atoms with Gasteiger partial charge in [0.2, 0.25) is 5.91 Å². The lowest BCUT2D eigenvalue weighted by molar-refractivity contribution is -0.128. The summed E-state index contributed by atoms with van der Waals surface area (Å²) in [5.41, 5.74) is 2.01. The standard InChI is InChI=1S/C20H19ClN4OS/c21-15-4-3-5-16(12-15)24-8-10-25(11-9-24)19(26)13-27-20-17-6-1-2-7-18(17)22-14-23-20/h1-7,12,14H,8-11,13H2. The lowest BCUT2D eigenvalue weighted by Crippen LogP contribution is -2.49. The summed E-state index contributed by atoms with van der Waals surface area (Å²) in [6.45, 7) is 3.06. The van der Waals surface area contributed by atoms with E-state index in [1.54, 1.807) is 6.33 Å². The van der Waals surface area contributed by atoms with E-state index in [0.29, 0.717) is 5.75 Å². The number of thioether (sulfide) groups is 1. The summed E-state index contributed by atoms with van der Waals surface area (Å²) >= 11 is 7.56. The van der Waals surface area contributed by atoms with Crippen LogP contribution in [-0.4, -0.2) is 52.7 Å². The van der Waals surface area contributed by atoms with Crippen molar-refractivity contribution in [1.82, 2.24) is 14.9 Å². The minimum absolute atomic E-state index is 0.147. The Bertz CT molecular complexity index is 954. The number of hydrogen-bond acceptors (Lipinski definition) is 5. The first-order valence-electron chi connectivity index (χ1n) is 8.81. The van der Waals surface area contributed by atoms with Crippen LogP contribution in [0.4, 0.5) is 5.69 Å². The summed E-state index contributed by atoms with van der Waals surface area (Å²) in [6, 6.07) is 15.7. The maximum Gasteiger partial charge on any atom is 0.233 e. The normalized spacial score (nSPS) is 14.6. The minimum atomic E-state index is 0.147. The van der Waals surface area contributed by atoms with Gasteiger partial charge >= 0.3 is 0 Å². The number of para-hydroxylation sites is 1. The Morgan fingerprint density at radius 3 is 2.67 bits per heavy atom. The highest BCUT2D eigenvalue weighted by atomic mass is 35.5. The van der Waals surface area contributed by atoms with E-state index in [2.05, 4.69) is 20.9 Å². The second kappa shape index (κ2) is 8.15. The monoisotopic (exact) mass is 398 g/mol. The number of piperazine rings is 1. The molecule has 0 spiro atoms. The predicted molar refractivity (Wildman–Crippen MR) is 111 cm³/mol. The van der Waals surface area contributed by atoms with Crippen molar-refractivity contribution in [3.8, 4) is 0 Å². The number of hydrogen-bond donors (Lipinski definition) is 0. The van der Waals surface area contributed by atoms with Crippen LogP contribution in [0.15, 0.2) is 59.9 Å². The molecule has 0 unspecified atom stereocenters. The highest BCUT2D eigenvalue weighted by molar-refractivity contribution is 8.00. The number of fused-ring (bicyclic) bond motifs is 1. The zero-order valence-corrected chi connectivity index (χ0v) is 16.3. The van der Waals surface area contributed by atoms with Crippen molar-refractivity contribution in [2.75, 3.05) is 36.8 Å². The zero-order chi connectivity index (χ0) is 18.6. The number of anilines is 1. The van der Waals surface area contributed by atoms with Crippen molar-refractivity contribution in [2.45, 2.75) is 5.03 Å². The van der Waals surface area contributed by atoms with Crippen LogP contribution in [0.3, 0.4) is 0 Å². The van der Waals surface area contributed by atoms with Gasteiger partial charge in [0, 0.05) is 42.3 Å². The number of carbonyl (C=O) groups excluding carboxylic acids is 1. The third kappa shape index (κ3) is 4.17. The van der Waals surface area contributed by atoms with Crippen LogP contribution in [-0.2, 0) is 4.79 Å². The molecule has 2 aromatic carbocycles. The highest BCUT2D eigenvalue weighted by Gasteiger charge is 2.21. The van der Waals surface area contributed by atoms with Gasteiger partial charge in [0.15, 0.2) is 0 Å². The number of halogens is 1. The molecule has 1 aromatic heterocycles. The Hall–Kier alpha value is -2.31. The molecule has 7 heteroatoms. The van der Waals surface area contributed by atoms with E-state index in [0.717, 1.165) is 52.8 Å². The maximum absolute atomic E-state index is 12.6. The Balaban J connectivity index is 1.34. The van der Waals surface area contributed by atoms with Crippen molar-refractivity contribution in [2.24, 2.45) is 0 Å². The molecule has 3 aromatic rings. The van der Waals surface area contributed by atoms with E-state index in [9.17, 15) is 4.79 Å². The summed E-state index contributed by atoms with van der Waals surface area (Å²) < 4.78 is 0. The van der Waals surface area contributed by atoms with Gasteiger partial charge in [-0.25, -0.2) is 9.97 Å². The summed E-state index contributed by atoms with van der Waals surface area (Å²) in [6.07, 6.45) is 1.55. The predicted octanol–water partition coefficient (Wildman–Crippen LogP) is 3.72. The SMILES string of the molecule is O=C(CSc1ncnc2ccccc12)N1CCN(c2cccc(Cl)c2)CC1. The van der Waals surface area contributed by atoms with Gasteiger partial charge < -0.3 is 9.80 Å². The molecule has 5 nitrogen and oxygen atoms in total. The van der Waals surface area contributed by atoms with E-state index in [4.69, 9.17) is 11.6 Å². The van der Waals surface area contributed by atoms with Gasteiger partial charge in [0.1, 0.15) is 11.4 Å². The average molecular weight is 399 g/mol. The number of aromatic nitrogens is 2. The molecule has 1 aliphatic rings. The Morgan fingerprint density at radius 1 is 1.04 bits per heavy atom. The molecule has 1 amide bonds.